The predicted octanol–water partition coefficient (Wildman–Crippen LogP) is 2.87. The molecule has 1 N–H and O–H groups in total. The van der Waals surface area contributed by atoms with Crippen LogP contribution in [0.3, 0.4) is 0 Å². The molecule has 2 unspecified atom stereocenters. The lowest BCUT2D eigenvalue weighted by Crippen LogP contribution is -2.37. The van der Waals surface area contributed by atoms with Gasteiger partial charge in [0, 0.05) is 25.2 Å². The zero-order valence-electron chi connectivity index (χ0n) is 12.3. The molecule has 0 saturated carbocycles. The molecule has 1 aliphatic rings. The molecule has 19 heavy (non-hydrogen) atoms. The molecule has 0 bridgehead atoms. The Balaban J connectivity index is 2.00. The minimum Gasteiger partial charge on any atom is -0.508 e. The molecule has 3 nitrogen and oxygen atoms in total. The minimum atomic E-state index is 0.365. The van der Waals surface area contributed by atoms with Gasteiger partial charge in [0.05, 0.1) is 0 Å². The van der Waals surface area contributed by atoms with E-state index in [0.29, 0.717) is 17.8 Å². The van der Waals surface area contributed by atoms with E-state index in [0.717, 1.165) is 26.2 Å². The van der Waals surface area contributed by atoms with Crippen LogP contribution >= 0.6 is 0 Å². The van der Waals surface area contributed by atoms with Crippen LogP contribution in [0.5, 0.6) is 5.75 Å². The summed E-state index contributed by atoms with van der Waals surface area (Å²) in [7, 11) is 0. The maximum atomic E-state index is 9.59. The number of likely N-dealkylation sites (N-methyl/N-ethyl adjacent to an activating group) is 1. The van der Waals surface area contributed by atoms with Gasteiger partial charge in [-0.1, -0.05) is 26.0 Å². The maximum absolute atomic E-state index is 9.59. The van der Waals surface area contributed by atoms with E-state index in [1.54, 1.807) is 6.07 Å². The van der Waals surface area contributed by atoms with Gasteiger partial charge in [0.2, 0.25) is 0 Å². The molecular weight excluding hydrogens is 236 g/mol. The lowest BCUT2D eigenvalue weighted by atomic mass is 10.1. The molecule has 3 heteroatoms. The number of phenols is 1. The van der Waals surface area contributed by atoms with Gasteiger partial charge in [0.1, 0.15) is 5.75 Å². The summed E-state index contributed by atoms with van der Waals surface area (Å²) in [6.45, 7) is 11.3. The van der Waals surface area contributed by atoms with Gasteiger partial charge in [-0.3, -0.25) is 9.80 Å². The van der Waals surface area contributed by atoms with Crippen molar-refractivity contribution in [2.45, 2.75) is 39.3 Å². The van der Waals surface area contributed by atoms with Gasteiger partial charge in [-0.25, -0.2) is 0 Å². The molecule has 1 aromatic rings. The molecule has 1 fully saturated rings. The molecule has 1 saturated heterocycles. The molecule has 0 spiro atoms. The smallest absolute Gasteiger partial charge is 0.115 e. The van der Waals surface area contributed by atoms with E-state index in [9.17, 15) is 5.11 Å². The number of hydrogen-bond acceptors (Lipinski definition) is 3. The van der Waals surface area contributed by atoms with Gasteiger partial charge in [-0.2, -0.15) is 0 Å². The number of nitrogens with zero attached hydrogens (tertiary/aromatic N) is 2. The van der Waals surface area contributed by atoms with Gasteiger partial charge in [-0.05, 0) is 44.1 Å². The Morgan fingerprint density at radius 2 is 2.11 bits per heavy atom. The first kappa shape index (κ1) is 14.4. The predicted molar refractivity (Wildman–Crippen MR) is 79.4 cm³/mol. The van der Waals surface area contributed by atoms with Crippen LogP contribution in [0, 0.1) is 0 Å². The fourth-order valence-electron chi connectivity index (χ4n) is 3.15. The summed E-state index contributed by atoms with van der Waals surface area (Å²) in [5.74, 6) is 0.365. The average Bonchev–Trinajstić information content (AvgIpc) is 2.89. The molecule has 0 radical (unpaired) electrons. The largest absolute Gasteiger partial charge is 0.508 e. The molecular formula is C16H26N2O. The molecule has 2 atom stereocenters. The van der Waals surface area contributed by atoms with Crippen molar-refractivity contribution in [3.8, 4) is 5.75 Å². The molecule has 1 heterocycles. The molecule has 1 aliphatic heterocycles. The summed E-state index contributed by atoms with van der Waals surface area (Å²) in [5, 5.41) is 9.59. The van der Waals surface area contributed by atoms with Crippen molar-refractivity contribution in [3.05, 3.63) is 29.8 Å². The lowest BCUT2D eigenvalue weighted by molar-refractivity contribution is 0.193. The Morgan fingerprint density at radius 1 is 1.37 bits per heavy atom. The van der Waals surface area contributed by atoms with Crippen molar-refractivity contribution in [2.75, 3.05) is 26.2 Å². The van der Waals surface area contributed by atoms with Crippen molar-refractivity contribution in [1.82, 2.24) is 9.80 Å². The highest BCUT2D eigenvalue weighted by Gasteiger charge is 2.29. The van der Waals surface area contributed by atoms with Crippen LogP contribution in [0.1, 0.15) is 38.8 Å². The minimum absolute atomic E-state index is 0.365. The van der Waals surface area contributed by atoms with Crippen LogP contribution < -0.4 is 0 Å². The Labute approximate surface area is 116 Å². The summed E-state index contributed by atoms with van der Waals surface area (Å²) in [4.78, 5) is 5.08. The number of likely N-dealkylation sites (tertiary alicyclic amines) is 1. The molecule has 0 aromatic heterocycles. The highest BCUT2D eigenvalue weighted by atomic mass is 16.3. The van der Waals surface area contributed by atoms with Crippen molar-refractivity contribution < 1.29 is 5.11 Å². The van der Waals surface area contributed by atoms with E-state index in [1.807, 2.05) is 12.1 Å². The first-order chi connectivity index (χ1) is 9.15. The highest BCUT2D eigenvalue weighted by Crippen LogP contribution is 2.28. The topological polar surface area (TPSA) is 26.7 Å². The second-order valence-electron chi connectivity index (χ2n) is 5.43. The summed E-state index contributed by atoms with van der Waals surface area (Å²) in [6.07, 6.45) is 1.25. The monoisotopic (exact) mass is 262 g/mol. The maximum Gasteiger partial charge on any atom is 0.115 e. The Hall–Kier alpha value is -1.06. The third-order valence-corrected chi connectivity index (χ3v) is 4.42. The van der Waals surface area contributed by atoms with Crippen molar-refractivity contribution in [3.63, 3.8) is 0 Å². The first-order valence-corrected chi connectivity index (χ1v) is 7.42. The van der Waals surface area contributed by atoms with Crippen LogP contribution in [0.25, 0.3) is 0 Å². The van der Waals surface area contributed by atoms with E-state index >= 15 is 0 Å². The van der Waals surface area contributed by atoms with Crippen LogP contribution in [0.15, 0.2) is 24.3 Å². The van der Waals surface area contributed by atoms with E-state index in [2.05, 4.69) is 36.6 Å². The number of rotatable bonds is 5. The van der Waals surface area contributed by atoms with Crippen molar-refractivity contribution in [1.29, 1.82) is 0 Å². The summed E-state index contributed by atoms with van der Waals surface area (Å²) < 4.78 is 0. The van der Waals surface area contributed by atoms with E-state index < -0.39 is 0 Å². The quantitative estimate of drug-likeness (QED) is 0.884. The standard InChI is InChI=1S/C16H26N2O/c1-4-17(5-2)15-9-10-18(12-15)13(3)14-7-6-8-16(19)11-14/h6-8,11,13,15,19H,4-5,9-10,12H2,1-3H3. The van der Waals surface area contributed by atoms with Gasteiger partial charge >= 0.3 is 0 Å². The van der Waals surface area contributed by atoms with Gasteiger partial charge in [-0.15, -0.1) is 0 Å². The van der Waals surface area contributed by atoms with Gasteiger partial charge < -0.3 is 5.11 Å². The second-order valence-corrected chi connectivity index (χ2v) is 5.43. The van der Waals surface area contributed by atoms with Gasteiger partial charge in [0.25, 0.3) is 0 Å². The van der Waals surface area contributed by atoms with Crippen molar-refractivity contribution >= 4 is 0 Å². The fraction of sp³-hybridized carbons (Fsp3) is 0.625. The van der Waals surface area contributed by atoms with Gasteiger partial charge in [0.15, 0.2) is 0 Å². The molecule has 1 aromatic carbocycles. The summed E-state index contributed by atoms with van der Waals surface area (Å²) in [5.41, 5.74) is 1.21. The zero-order chi connectivity index (χ0) is 13.8. The molecule has 0 amide bonds. The number of benzene rings is 1. The summed E-state index contributed by atoms with van der Waals surface area (Å²) in [6, 6.07) is 8.73. The number of phenolic OH excluding ortho intramolecular Hbond substituents is 1. The Bertz CT molecular complexity index is 403. The lowest BCUT2D eigenvalue weighted by Gasteiger charge is -2.28. The second kappa shape index (κ2) is 6.40. The molecule has 2 rings (SSSR count). The van der Waals surface area contributed by atoms with Crippen LogP contribution in [-0.2, 0) is 0 Å². The zero-order valence-corrected chi connectivity index (χ0v) is 12.3. The Morgan fingerprint density at radius 3 is 2.74 bits per heavy atom. The molecule has 0 aliphatic carbocycles. The van der Waals surface area contributed by atoms with Crippen LogP contribution in [-0.4, -0.2) is 47.1 Å². The number of aromatic hydroxyl groups is 1. The first-order valence-electron chi connectivity index (χ1n) is 7.42. The van der Waals surface area contributed by atoms with E-state index in [-0.39, 0.29) is 0 Å². The normalized spacial score (nSPS) is 22.0. The molecule has 106 valence electrons. The fourth-order valence-corrected chi connectivity index (χ4v) is 3.15. The van der Waals surface area contributed by atoms with Crippen LogP contribution in [0.4, 0.5) is 0 Å². The van der Waals surface area contributed by atoms with Crippen molar-refractivity contribution in [2.24, 2.45) is 0 Å². The number of hydrogen-bond donors (Lipinski definition) is 1. The van der Waals surface area contributed by atoms with Crippen LogP contribution in [0.2, 0.25) is 0 Å². The Kier molecular flexibility index (Phi) is 4.83. The third kappa shape index (κ3) is 3.28. The SMILES string of the molecule is CCN(CC)C1CCN(C(C)c2cccc(O)c2)C1. The third-order valence-electron chi connectivity index (χ3n) is 4.42. The average molecular weight is 262 g/mol. The van der Waals surface area contributed by atoms with E-state index in [1.165, 1.54) is 12.0 Å². The van der Waals surface area contributed by atoms with E-state index in [4.69, 9.17) is 0 Å². The summed E-state index contributed by atoms with van der Waals surface area (Å²) >= 11 is 0. The highest BCUT2D eigenvalue weighted by molar-refractivity contribution is 5.29.